The van der Waals surface area contributed by atoms with E-state index in [1.54, 1.807) is 6.07 Å². The molecule has 4 nitrogen and oxygen atoms in total. The molecule has 6 heteroatoms. The summed E-state index contributed by atoms with van der Waals surface area (Å²) in [4.78, 5) is 0. The molecule has 3 rings (SSSR count). The summed E-state index contributed by atoms with van der Waals surface area (Å²) in [6.45, 7) is 4.96. The molecule has 1 aromatic heterocycles. The van der Waals surface area contributed by atoms with Gasteiger partial charge in [0.25, 0.3) is 0 Å². The maximum Gasteiger partial charge on any atom is 0.159 e. The van der Waals surface area contributed by atoms with Crippen LogP contribution in [0.15, 0.2) is 22.7 Å². The van der Waals surface area contributed by atoms with Gasteiger partial charge in [-0.05, 0) is 38.0 Å². The van der Waals surface area contributed by atoms with E-state index in [9.17, 15) is 8.78 Å². The fourth-order valence-electron chi connectivity index (χ4n) is 2.80. The molecule has 1 saturated heterocycles. The summed E-state index contributed by atoms with van der Waals surface area (Å²) in [5.74, 6) is -0.909. The zero-order valence-corrected chi connectivity index (χ0v) is 12.5. The molecular formula is C16H18F2N2O2. The molecule has 0 bridgehead atoms. The Kier molecular flexibility index (Phi) is 4.22. The van der Waals surface area contributed by atoms with E-state index in [2.05, 4.69) is 10.5 Å². The van der Waals surface area contributed by atoms with E-state index in [0.717, 1.165) is 29.5 Å². The molecule has 2 aromatic rings. The number of hydrogen-bond acceptors (Lipinski definition) is 4. The van der Waals surface area contributed by atoms with Gasteiger partial charge in [0.1, 0.15) is 5.76 Å². The summed E-state index contributed by atoms with van der Waals surface area (Å²) in [7, 11) is 0. The molecule has 0 spiro atoms. The fourth-order valence-corrected chi connectivity index (χ4v) is 2.80. The van der Waals surface area contributed by atoms with Crippen LogP contribution in [0.4, 0.5) is 8.78 Å². The molecule has 2 atom stereocenters. The van der Waals surface area contributed by atoms with Crippen LogP contribution in [-0.2, 0) is 11.3 Å². The second-order valence-corrected chi connectivity index (χ2v) is 5.54. The van der Waals surface area contributed by atoms with Crippen LogP contribution >= 0.6 is 0 Å². The van der Waals surface area contributed by atoms with Crippen molar-refractivity contribution in [2.45, 2.75) is 39.0 Å². The van der Waals surface area contributed by atoms with Gasteiger partial charge in [0.05, 0.1) is 11.8 Å². The van der Waals surface area contributed by atoms with Crippen molar-refractivity contribution in [3.05, 3.63) is 52.4 Å². The second-order valence-electron chi connectivity index (χ2n) is 5.54. The number of benzene rings is 1. The number of aromatic nitrogens is 1. The maximum absolute atomic E-state index is 13.4. The SMILES string of the molecule is Cc1noc(C)c1CN[C@H]1CCO[C@H]1c1ccc(F)c(F)c1. The Hall–Kier alpha value is -1.79. The van der Waals surface area contributed by atoms with Crippen LogP contribution < -0.4 is 5.32 Å². The highest BCUT2D eigenvalue weighted by Gasteiger charge is 2.30. The normalized spacial score (nSPS) is 21.5. The molecule has 2 heterocycles. The summed E-state index contributed by atoms with van der Waals surface area (Å²) in [5.41, 5.74) is 2.52. The Morgan fingerprint density at radius 2 is 2.09 bits per heavy atom. The van der Waals surface area contributed by atoms with Crippen molar-refractivity contribution in [1.82, 2.24) is 10.5 Å². The Labute approximate surface area is 127 Å². The number of halogens is 2. The number of rotatable bonds is 4. The van der Waals surface area contributed by atoms with E-state index >= 15 is 0 Å². The highest BCUT2D eigenvalue weighted by Crippen LogP contribution is 2.30. The van der Waals surface area contributed by atoms with Crippen LogP contribution in [0.25, 0.3) is 0 Å². The van der Waals surface area contributed by atoms with E-state index in [-0.39, 0.29) is 12.1 Å². The van der Waals surface area contributed by atoms with Gasteiger partial charge in [0.15, 0.2) is 11.6 Å². The number of aryl methyl sites for hydroxylation is 2. The van der Waals surface area contributed by atoms with E-state index in [1.165, 1.54) is 6.07 Å². The first-order valence-electron chi connectivity index (χ1n) is 7.28. The average Bonchev–Trinajstić information content (AvgIpc) is 3.08. The molecule has 1 aliphatic heterocycles. The highest BCUT2D eigenvalue weighted by molar-refractivity contribution is 5.24. The van der Waals surface area contributed by atoms with Crippen molar-refractivity contribution in [1.29, 1.82) is 0 Å². The minimum absolute atomic E-state index is 0.0403. The van der Waals surface area contributed by atoms with Gasteiger partial charge in [0.2, 0.25) is 0 Å². The first kappa shape index (κ1) is 15.1. The quantitative estimate of drug-likeness (QED) is 0.942. The third kappa shape index (κ3) is 2.89. The molecule has 22 heavy (non-hydrogen) atoms. The zero-order chi connectivity index (χ0) is 15.7. The Morgan fingerprint density at radius 1 is 1.27 bits per heavy atom. The molecule has 0 saturated carbocycles. The minimum atomic E-state index is -0.850. The maximum atomic E-state index is 13.4. The van der Waals surface area contributed by atoms with Gasteiger partial charge in [-0.1, -0.05) is 11.2 Å². The van der Waals surface area contributed by atoms with Crippen LogP contribution in [-0.4, -0.2) is 17.8 Å². The highest BCUT2D eigenvalue weighted by atomic mass is 19.2. The van der Waals surface area contributed by atoms with E-state index in [1.807, 2.05) is 13.8 Å². The Balaban J connectivity index is 1.72. The van der Waals surface area contributed by atoms with Crippen LogP contribution in [0, 0.1) is 25.5 Å². The van der Waals surface area contributed by atoms with Gasteiger partial charge < -0.3 is 14.6 Å². The lowest BCUT2D eigenvalue weighted by molar-refractivity contribution is 0.0981. The topological polar surface area (TPSA) is 47.3 Å². The van der Waals surface area contributed by atoms with Crippen molar-refractivity contribution in [3.63, 3.8) is 0 Å². The van der Waals surface area contributed by atoms with Crippen molar-refractivity contribution in [3.8, 4) is 0 Å². The molecule has 0 unspecified atom stereocenters. The van der Waals surface area contributed by atoms with Gasteiger partial charge in [-0.3, -0.25) is 0 Å². The number of ether oxygens (including phenoxy) is 1. The first-order valence-corrected chi connectivity index (χ1v) is 7.28. The predicted octanol–water partition coefficient (Wildman–Crippen LogP) is 3.19. The van der Waals surface area contributed by atoms with E-state index in [4.69, 9.17) is 9.26 Å². The number of nitrogens with zero attached hydrogens (tertiary/aromatic N) is 1. The van der Waals surface area contributed by atoms with Crippen molar-refractivity contribution >= 4 is 0 Å². The largest absolute Gasteiger partial charge is 0.372 e. The molecular weight excluding hydrogens is 290 g/mol. The predicted molar refractivity (Wildman–Crippen MR) is 76.3 cm³/mol. The monoisotopic (exact) mass is 308 g/mol. The first-order chi connectivity index (χ1) is 10.6. The molecule has 1 aliphatic rings. The van der Waals surface area contributed by atoms with E-state index in [0.29, 0.717) is 18.7 Å². The van der Waals surface area contributed by atoms with Crippen LogP contribution in [0.2, 0.25) is 0 Å². The van der Waals surface area contributed by atoms with Gasteiger partial charge >= 0.3 is 0 Å². The zero-order valence-electron chi connectivity index (χ0n) is 12.5. The third-order valence-corrected chi connectivity index (χ3v) is 4.09. The van der Waals surface area contributed by atoms with Crippen LogP contribution in [0.1, 0.15) is 35.1 Å². The molecule has 0 amide bonds. The van der Waals surface area contributed by atoms with Crippen molar-refractivity contribution in [2.75, 3.05) is 6.61 Å². The molecule has 0 aliphatic carbocycles. The summed E-state index contributed by atoms with van der Waals surface area (Å²) in [6.07, 6.45) is 0.531. The lowest BCUT2D eigenvalue weighted by atomic mass is 10.0. The lowest BCUT2D eigenvalue weighted by Crippen LogP contribution is -2.31. The molecule has 118 valence electrons. The van der Waals surface area contributed by atoms with Crippen molar-refractivity contribution < 1.29 is 18.0 Å². The molecule has 0 radical (unpaired) electrons. The number of hydrogen-bond donors (Lipinski definition) is 1. The average molecular weight is 308 g/mol. The molecule has 1 fully saturated rings. The second kappa shape index (κ2) is 6.14. The Morgan fingerprint density at radius 3 is 2.77 bits per heavy atom. The summed E-state index contributed by atoms with van der Waals surface area (Å²) in [6, 6.07) is 3.95. The third-order valence-electron chi connectivity index (χ3n) is 4.09. The fraction of sp³-hybridized carbons (Fsp3) is 0.438. The van der Waals surface area contributed by atoms with Gasteiger partial charge in [-0.2, -0.15) is 0 Å². The van der Waals surface area contributed by atoms with Gasteiger partial charge in [-0.25, -0.2) is 8.78 Å². The standard InChI is InChI=1S/C16H18F2N2O2/c1-9-12(10(2)22-20-9)8-19-15-5-6-21-16(15)11-3-4-13(17)14(18)7-11/h3-4,7,15-16,19H,5-6,8H2,1-2H3/t15-,16-/m0/s1. The summed E-state index contributed by atoms with van der Waals surface area (Å²) < 4.78 is 37.3. The summed E-state index contributed by atoms with van der Waals surface area (Å²) in [5, 5.41) is 7.33. The van der Waals surface area contributed by atoms with Crippen LogP contribution in [0.5, 0.6) is 0 Å². The van der Waals surface area contributed by atoms with Crippen molar-refractivity contribution in [2.24, 2.45) is 0 Å². The lowest BCUT2D eigenvalue weighted by Gasteiger charge is -2.20. The smallest absolute Gasteiger partial charge is 0.159 e. The molecule has 1 aromatic carbocycles. The van der Waals surface area contributed by atoms with Crippen LogP contribution in [0.3, 0.4) is 0 Å². The van der Waals surface area contributed by atoms with Gasteiger partial charge in [-0.15, -0.1) is 0 Å². The summed E-state index contributed by atoms with van der Waals surface area (Å²) >= 11 is 0. The van der Waals surface area contributed by atoms with E-state index < -0.39 is 11.6 Å². The number of nitrogens with one attached hydrogen (secondary N) is 1. The Bertz CT molecular complexity index is 653. The minimum Gasteiger partial charge on any atom is -0.372 e. The molecule has 1 N–H and O–H groups in total. The van der Waals surface area contributed by atoms with Gasteiger partial charge in [0, 0.05) is 24.8 Å².